The molecule has 0 bridgehead atoms. The standard InChI is InChI=1S/C31H43FN4O7/c1-5-6-7-8-9-10-34-15-22(37)35-21-13-20(32)17-11-16-12-19-25(36(2)3)26(38)18(30(33)42)14-31(19,43-4)29(41)23(16)28(40)24(17)27(21)39/h13,16,19,25,34,38-40H,5-12,14-15H2,1-4H3,(H2,33,42)(H,35,37)/t16-,19-,25-,31-/m0/s1. The normalized spacial score (nSPS) is 25.0. The number of nitrogens with one attached hydrogen (secondary N) is 2. The summed E-state index contributed by atoms with van der Waals surface area (Å²) in [6, 6.07) is 0.210. The summed E-state index contributed by atoms with van der Waals surface area (Å²) in [5.74, 6) is -5.49. The molecule has 1 saturated carbocycles. The number of Topliss-reactive ketones (excluding diaryl/α,β-unsaturated/α-hetero) is 1. The number of nitrogens with two attached hydrogens (primary N) is 1. The van der Waals surface area contributed by atoms with Gasteiger partial charge in [0.2, 0.25) is 11.8 Å². The predicted octanol–water partition coefficient (Wildman–Crippen LogP) is 3.08. The number of aliphatic hydroxyl groups is 2. The second kappa shape index (κ2) is 13.0. The minimum Gasteiger partial charge on any atom is -0.510 e. The molecule has 0 aromatic heterocycles. The Labute approximate surface area is 251 Å². The van der Waals surface area contributed by atoms with Crippen LogP contribution < -0.4 is 16.4 Å². The fraction of sp³-hybridized carbons (Fsp3) is 0.581. The predicted molar refractivity (Wildman–Crippen MR) is 159 cm³/mol. The summed E-state index contributed by atoms with van der Waals surface area (Å²) in [5.41, 5.74) is 3.23. The van der Waals surface area contributed by atoms with Gasteiger partial charge < -0.3 is 36.4 Å². The lowest BCUT2D eigenvalue weighted by Crippen LogP contribution is -2.63. The molecule has 3 aliphatic rings. The van der Waals surface area contributed by atoms with Crippen molar-refractivity contribution in [2.45, 2.75) is 69.9 Å². The summed E-state index contributed by atoms with van der Waals surface area (Å²) >= 11 is 0. The third-order valence-corrected chi connectivity index (χ3v) is 9.11. The smallest absolute Gasteiger partial charge is 0.248 e. The fourth-order valence-corrected chi connectivity index (χ4v) is 6.99. The zero-order valence-corrected chi connectivity index (χ0v) is 25.3. The van der Waals surface area contributed by atoms with Crippen molar-refractivity contribution in [1.29, 1.82) is 0 Å². The minimum atomic E-state index is -1.65. The van der Waals surface area contributed by atoms with E-state index < -0.39 is 58.4 Å². The van der Waals surface area contributed by atoms with E-state index in [0.29, 0.717) is 6.54 Å². The van der Waals surface area contributed by atoms with Crippen molar-refractivity contribution in [1.82, 2.24) is 10.2 Å². The molecule has 0 heterocycles. The highest BCUT2D eigenvalue weighted by molar-refractivity contribution is 6.11. The highest BCUT2D eigenvalue weighted by atomic mass is 19.1. The molecule has 0 radical (unpaired) electrons. The van der Waals surface area contributed by atoms with Crippen molar-refractivity contribution in [3.8, 4) is 5.75 Å². The number of nitrogens with zero attached hydrogens (tertiary/aromatic N) is 1. The molecule has 1 aromatic rings. The van der Waals surface area contributed by atoms with Crippen molar-refractivity contribution in [3.05, 3.63) is 39.9 Å². The first-order valence-corrected chi connectivity index (χ1v) is 14.9. The Morgan fingerprint density at radius 1 is 1.19 bits per heavy atom. The highest BCUT2D eigenvalue weighted by Gasteiger charge is 2.61. The van der Waals surface area contributed by atoms with Crippen LogP contribution in [-0.2, 0) is 25.5 Å². The van der Waals surface area contributed by atoms with Crippen LogP contribution in [0.25, 0.3) is 5.76 Å². The number of hydrogen-bond acceptors (Lipinski definition) is 9. The van der Waals surface area contributed by atoms with Gasteiger partial charge in [-0.05, 0) is 45.8 Å². The van der Waals surface area contributed by atoms with Crippen molar-refractivity contribution >= 4 is 29.0 Å². The second-order valence-electron chi connectivity index (χ2n) is 12.0. The van der Waals surface area contributed by atoms with Crippen LogP contribution in [0.1, 0.15) is 63.0 Å². The maximum absolute atomic E-state index is 15.5. The molecule has 4 rings (SSSR count). The molecule has 12 heteroatoms. The van der Waals surface area contributed by atoms with Crippen LogP contribution in [0.15, 0.2) is 23.0 Å². The van der Waals surface area contributed by atoms with E-state index in [0.717, 1.165) is 38.2 Å². The Bertz CT molecular complexity index is 1360. The fourth-order valence-electron chi connectivity index (χ4n) is 6.99. The Balaban J connectivity index is 1.65. The minimum absolute atomic E-state index is 0.0134. The number of carbonyl (C=O) groups is 3. The molecule has 2 amide bonds. The summed E-state index contributed by atoms with van der Waals surface area (Å²) < 4.78 is 21.3. The van der Waals surface area contributed by atoms with Gasteiger partial charge in [-0.3, -0.25) is 19.3 Å². The molecule has 43 heavy (non-hydrogen) atoms. The summed E-state index contributed by atoms with van der Waals surface area (Å²) in [7, 11) is 4.69. The van der Waals surface area contributed by atoms with E-state index in [1.807, 2.05) is 0 Å². The molecule has 0 spiro atoms. The average molecular weight is 603 g/mol. The van der Waals surface area contributed by atoms with Crippen LogP contribution in [0.4, 0.5) is 10.1 Å². The Hall–Kier alpha value is -3.48. The number of likely N-dealkylation sites (N-methyl/N-ethyl adjacent to an activating group) is 1. The van der Waals surface area contributed by atoms with Gasteiger partial charge in [0.15, 0.2) is 11.5 Å². The Kier molecular flexibility index (Phi) is 9.83. The molecule has 4 atom stereocenters. The molecule has 7 N–H and O–H groups in total. The summed E-state index contributed by atoms with van der Waals surface area (Å²) in [6.07, 6.45) is 5.28. The van der Waals surface area contributed by atoms with Gasteiger partial charge in [-0.15, -0.1) is 0 Å². The number of phenols is 1. The topological polar surface area (TPSA) is 174 Å². The van der Waals surface area contributed by atoms with Gasteiger partial charge in [-0.1, -0.05) is 32.6 Å². The zero-order chi connectivity index (χ0) is 31.6. The second-order valence-corrected chi connectivity index (χ2v) is 12.0. The van der Waals surface area contributed by atoms with Crippen LogP contribution in [0, 0.1) is 17.7 Å². The van der Waals surface area contributed by atoms with E-state index in [2.05, 4.69) is 17.6 Å². The molecule has 0 unspecified atom stereocenters. The first-order valence-electron chi connectivity index (χ1n) is 14.9. The van der Waals surface area contributed by atoms with Crippen LogP contribution in [0.5, 0.6) is 5.75 Å². The number of ketones is 1. The summed E-state index contributed by atoms with van der Waals surface area (Å²) in [6.45, 7) is 2.73. The molecule has 0 saturated heterocycles. The number of benzene rings is 1. The molecule has 1 fully saturated rings. The van der Waals surface area contributed by atoms with Gasteiger partial charge in [0.25, 0.3) is 0 Å². The van der Waals surface area contributed by atoms with Crippen molar-refractivity contribution in [2.24, 2.45) is 17.6 Å². The van der Waals surface area contributed by atoms with Crippen molar-refractivity contribution in [2.75, 3.05) is 39.6 Å². The number of carbonyl (C=O) groups excluding carboxylic acids is 3. The number of fused-ring (bicyclic) bond motifs is 3. The number of primary amides is 1. The number of aromatic hydroxyl groups is 1. The maximum Gasteiger partial charge on any atom is 0.248 e. The maximum atomic E-state index is 15.5. The lowest BCUT2D eigenvalue weighted by Gasteiger charge is -2.52. The number of phenolic OH excluding ortho intramolecular Hbond substituents is 1. The van der Waals surface area contributed by atoms with Crippen LogP contribution in [-0.4, -0.2) is 83.8 Å². The highest BCUT2D eigenvalue weighted by Crippen LogP contribution is 2.55. The number of anilines is 1. The third kappa shape index (κ3) is 5.87. The first-order chi connectivity index (χ1) is 20.4. The lowest BCUT2D eigenvalue weighted by atomic mass is 9.57. The number of hydrogen-bond donors (Lipinski definition) is 6. The van der Waals surface area contributed by atoms with Gasteiger partial charge in [0.05, 0.1) is 29.4 Å². The van der Waals surface area contributed by atoms with Gasteiger partial charge in [-0.2, -0.15) is 0 Å². The number of aliphatic hydroxyl groups excluding tert-OH is 2. The Morgan fingerprint density at radius 2 is 1.88 bits per heavy atom. The van der Waals surface area contributed by atoms with Gasteiger partial charge in [-0.25, -0.2) is 4.39 Å². The molecular weight excluding hydrogens is 559 g/mol. The van der Waals surface area contributed by atoms with E-state index in [-0.39, 0.29) is 59.5 Å². The largest absolute Gasteiger partial charge is 0.510 e. The molecule has 1 aromatic carbocycles. The number of ether oxygens (including phenoxy) is 1. The van der Waals surface area contributed by atoms with E-state index in [4.69, 9.17) is 10.5 Å². The number of rotatable bonds is 12. The van der Waals surface area contributed by atoms with E-state index in [1.54, 1.807) is 19.0 Å². The number of methoxy groups -OCH3 is 1. The third-order valence-electron chi connectivity index (χ3n) is 9.11. The quantitative estimate of drug-likeness (QED) is 0.155. The van der Waals surface area contributed by atoms with Gasteiger partial charge in [0, 0.05) is 36.7 Å². The first kappa shape index (κ1) is 32.4. The van der Waals surface area contributed by atoms with Crippen molar-refractivity contribution < 1.29 is 38.8 Å². The van der Waals surface area contributed by atoms with E-state index in [9.17, 15) is 29.7 Å². The summed E-state index contributed by atoms with van der Waals surface area (Å²) in [5, 5.41) is 39.1. The van der Waals surface area contributed by atoms with Crippen LogP contribution in [0.3, 0.4) is 0 Å². The van der Waals surface area contributed by atoms with Gasteiger partial charge >= 0.3 is 0 Å². The molecule has 3 aliphatic carbocycles. The number of halogens is 1. The average Bonchev–Trinajstić information content (AvgIpc) is 2.94. The SMILES string of the molecule is CCCCCCCNCC(=O)Nc1cc(F)c2c(c1O)C(O)=C1C(=O)[C@]3(OC)CC(C(N)=O)=C(O)[C@@H](N(C)C)[C@@H]3C[C@@H]1C2. The molecule has 236 valence electrons. The number of amides is 2. The number of unbranched alkanes of at least 4 members (excludes halogenated alkanes) is 4. The van der Waals surface area contributed by atoms with Gasteiger partial charge in [0.1, 0.15) is 22.9 Å². The van der Waals surface area contributed by atoms with E-state index >= 15 is 4.39 Å². The molecule has 0 aliphatic heterocycles. The monoisotopic (exact) mass is 602 g/mol. The summed E-state index contributed by atoms with van der Waals surface area (Å²) in [4.78, 5) is 40.7. The van der Waals surface area contributed by atoms with E-state index in [1.165, 1.54) is 7.11 Å². The Morgan fingerprint density at radius 3 is 2.51 bits per heavy atom. The molecule has 11 nitrogen and oxygen atoms in total. The lowest BCUT2D eigenvalue weighted by molar-refractivity contribution is -0.157. The molecular formula is C31H43FN4O7. The zero-order valence-electron chi connectivity index (χ0n) is 25.3. The van der Waals surface area contributed by atoms with Crippen LogP contribution in [0.2, 0.25) is 0 Å². The van der Waals surface area contributed by atoms with Crippen LogP contribution >= 0.6 is 0 Å². The van der Waals surface area contributed by atoms with Crippen molar-refractivity contribution in [3.63, 3.8) is 0 Å².